The maximum atomic E-state index is 11.8. The molecule has 0 aliphatic heterocycles. The van der Waals surface area contributed by atoms with E-state index < -0.39 is 5.60 Å². The molecule has 0 saturated heterocycles. The third kappa shape index (κ3) is 2.86. The summed E-state index contributed by atoms with van der Waals surface area (Å²) < 4.78 is 0. The summed E-state index contributed by atoms with van der Waals surface area (Å²) in [5.74, 6) is -0.112. The van der Waals surface area contributed by atoms with Gasteiger partial charge >= 0.3 is 0 Å². The highest BCUT2D eigenvalue weighted by molar-refractivity contribution is 5.88. The Kier molecular flexibility index (Phi) is 3.97. The minimum Gasteiger partial charge on any atom is -0.382 e. The molecule has 0 unspecified atom stereocenters. The van der Waals surface area contributed by atoms with E-state index in [4.69, 9.17) is 0 Å². The topological polar surface area (TPSA) is 50.2 Å². The molecule has 1 N–H and O–H groups in total. The predicted octanol–water partition coefficient (Wildman–Crippen LogP) is 1.74. The van der Waals surface area contributed by atoms with Crippen molar-refractivity contribution in [3.8, 4) is 0 Å². The summed E-state index contributed by atoms with van der Waals surface area (Å²) in [5, 5.41) is 9.99. The van der Waals surface area contributed by atoms with Crippen LogP contribution < -0.4 is 0 Å². The van der Waals surface area contributed by atoms with E-state index in [-0.39, 0.29) is 12.2 Å². The van der Waals surface area contributed by atoms with Crippen LogP contribution in [0.25, 0.3) is 0 Å². The van der Waals surface area contributed by atoms with Crippen molar-refractivity contribution in [3.05, 3.63) is 30.1 Å². The van der Waals surface area contributed by atoms with Crippen LogP contribution in [-0.4, -0.2) is 21.5 Å². The summed E-state index contributed by atoms with van der Waals surface area (Å²) in [6.45, 7) is 3.65. The van der Waals surface area contributed by atoms with Crippen LogP contribution in [0.15, 0.2) is 24.5 Å². The lowest BCUT2D eigenvalue weighted by Crippen LogP contribution is -2.38. The Hall–Kier alpha value is -1.22. The number of pyridine rings is 1. The van der Waals surface area contributed by atoms with Crippen LogP contribution in [0.4, 0.5) is 0 Å². The standard InChI is InChI=1S/C12H17NO2/c1-3-12(15,4-2)11(14)9-10-5-7-13-8-6-10/h5-8,15H,3-4,9H2,1-2H3. The highest BCUT2D eigenvalue weighted by Crippen LogP contribution is 2.18. The monoisotopic (exact) mass is 207 g/mol. The minimum atomic E-state index is -1.16. The molecule has 1 heterocycles. The van der Waals surface area contributed by atoms with Gasteiger partial charge in [-0.3, -0.25) is 9.78 Å². The molecule has 0 fully saturated rings. The van der Waals surface area contributed by atoms with Gasteiger partial charge in [0.1, 0.15) is 5.60 Å². The second-order valence-corrected chi connectivity index (χ2v) is 3.69. The summed E-state index contributed by atoms with van der Waals surface area (Å²) in [6.07, 6.45) is 4.51. The molecule has 0 aliphatic carbocycles. The molecule has 0 bridgehead atoms. The summed E-state index contributed by atoms with van der Waals surface area (Å²) in [6, 6.07) is 3.59. The van der Waals surface area contributed by atoms with Crippen LogP contribution in [0.1, 0.15) is 32.3 Å². The van der Waals surface area contributed by atoms with Crippen molar-refractivity contribution in [1.29, 1.82) is 0 Å². The highest BCUT2D eigenvalue weighted by Gasteiger charge is 2.30. The fourth-order valence-electron chi connectivity index (χ4n) is 1.49. The van der Waals surface area contributed by atoms with Crippen molar-refractivity contribution in [2.24, 2.45) is 0 Å². The normalized spacial score (nSPS) is 11.4. The molecule has 3 nitrogen and oxygen atoms in total. The second kappa shape index (κ2) is 5.03. The molecule has 1 aromatic heterocycles. The van der Waals surface area contributed by atoms with E-state index in [1.54, 1.807) is 24.5 Å². The minimum absolute atomic E-state index is 0.112. The number of carbonyl (C=O) groups is 1. The zero-order chi connectivity index (χ0) is 11.3. The molecular formula is C12H17NO2. The Morgan fingerprint density at radius 3 is 2.33 bits per heavy atom. The van der Waals surface area contributed by atoms with Crippen molar-refractivity contribution >= 4 is 5.78 Å². The van der Waals surface area contributed by atoms with Gasteiger partial charge in [0, 0.05) is 18.8 Å². The second-order valence-electron chi connectivity index (χ2n) is 3.69. The Bertz CT molecular complexity index is 318. The van der Waals surface area contributed by atoms with Gasteiger partial charge in [-0.25, -0.2) is 0 Å². The molecule has 0 spiro atoms. The molecule has 1 rings (SSSR count). The summed E-state index contributed by atoms with van der Waals surface area (Å²) in [7, 11) is 0. The Labute approximate surface area is 90.2 Å². The van der Waals surface area contributed by atoms with Crippen molar-refractivity contribution in [2.75, 3.05) is 0 Å². The molecule has 0 amide bonds. The number of aromatic nitrogens is 1. The van der Waals surface area contributed by atoms with E-state index >= 15 is 0 Å². The van der Waals surface area contributed by atoms with Gasteiger partial charge in [0.2, 0.25) is 0 Å². The number of hydrogen-bond acceptors (Lipinski definition) is 3. The van der Waals surface area contributed by atoms with E-state index in [0.29, 0.717) is 12.8 Å². The van der Waals surface area contributed by atoms with Crippen molar-refractivity contribution in [3.63, 3.8) is 0 Å². The van der Waals surface area contributed by atoms with Crippen LogP contribution in [0.5, 0.6) is 0 Å². The van der Waals surface area contributed by atoms with E-state index in [0.717, 1.165) is 5.56 Å². The van der Waals surface area contributed by atoms with E-state index in [1.807, 2.05) is 13.8 Å². The molecule has 0 radical (unpaired) electrons. The van der Waals surface area contributed by atoms with Gasteiger partial charge in [0.05, 0.1) is 0 Å². The molecular weight excluding hydrogens is 190 g/mol. The van der Waals surface area contributed by atoms with Gasteiger partial charge in [-0.05, 0) is 30.5 Å². The lowest BCUT2D eigenvalue weighted by molar-refractivity contribution is -0.137. The van der Waals surface area contributed by atoms with Gasteiger partial charge in [-0.2, -0.15) is 0 Å². The third-order valence-corrected chi connectivity index (χ3v) is 2.80. The highest BCUT2D eigenvalue weighted by atomic mass is 16.3. The third-order valence-electron chi connectivity index (χ3n) is 2.80. The average Bonchev–Trinajstić information content (AvgIpc) is 2.29. The van der Waals surface area contributed by atoms with E-state index in [2.05, 4.69) is 4.98 Å². The van der Waals surface area contributed by atoms with Crippen LogP contribution in [0.2, 0.25) is 0 Å². The molecule has 1 aromatic rings. The van der Waals surface area contributed by atoms with E-state index in [9.17, 15) is 9.90 Å². The number of carbonyl (C=O) groups excluding carboxylic acids is 1. The first kappa shape index (κ1) is 11.9. The maximum absolute atomic E-state index is 11.8. The van der Waals surface area contributed by atoms with Crippen LogP contribution in [-0.2, 0) is 11.2 Å². The average molecular weight is 207 g/mol. The quantitative estimate of drug-likeness (QED) is 0.800. The number of hydrogen-bond donors (Lipinski definition) is 1. The van der Waals surface area contributed by atoms with Crippen molar-refractivity contribution < 1.29 is 9.90 Å². The van der Waals surface area contributed by atoms with Crippen molar-refractivity contribution in [2.45, 2.75) is 38.7 Å². The molecule has 0 atom stereocenters. The van der Waals surface area contributed by atoms with Gasteiger partial charge in [0.25, 0.3) is 0 Å². The first-order chi connectivity index (χ1) is 7.12. The first-order valence-electron chi connectivity index (χ1n) is 5.27. The predicted molar refractivity (Wildman–Crippen MR) is 58.5 cm³/mol. The molecule has 0 aliphatic rings. The summed E-state index contributed by atoms with van der Waals surface area (Å²) in [5.41, 5.74) is -0.265. The van der Waals surface area contributed by atoms with Gasteiger partial charge < -0.3 is 5.11 Å². The smallest absolute Gasteiger partial charge is 0.168 e. The molecule has 0 saturated carbocycles. The SMILES string of the molecule is CCC(O)(CC)C(=O)Cc1ccncc1. The van der Waals surface area contributed by atoms with Crippen LogP contribution in [0.3, 0.4) is 0 Å². The summed E-state index contributed by atoms with van der Waals surface area (Å²) in [4.78, 5) is 15.7. The largest absolute Gasteiger partial charge is 0.382 e. The number of ketones is 1. The lowest BCUT2D eigenvalue weighted by Gasteiger charge is -2.23. The Morgan fingerprint density at radius 1 is 1.33 bits per heavy atom. The lowest BCUT2D eigenvalue weighted by atomic mass is 9.89. The maximum Gasteiger partial charge on any atom is 0.168 e. The summed E-state index contributed by atoms with van der Waals surface area (Å²) >= 11 is 0. The van der Waals surface area contributed by atoms with E-state index in [1.165, 1.54) is 0 Å². The van der Waals surface area contributed by atoms with Crippen LogP contribution in [0, 0.1) is 0 Å². The number of aliphatic hydroxyl groups is 1. The Morgan fingerprint density at radius 2 is 1.87 bits per heavy atom. The van der Waals surface area contributed by atoms with Gasteiger partial charge in [-0.15, -0.1) is 0 Å². The van der Waals surface area contributed by atoms with Gasteiger partial charge in [0.15, 0.2) is 5.78 Å². The zero-order valence-corrected chi connectivity index (χ0v) is 9.23. The van der Waals surface area contributed by atoms with Crippen LogP contribution >= 0.6 is 0 Å². The molecule has 82 valence electrons. The van der Waals surface area contributed by atoms with Crippen molar-refractivity contribution in [1.82, 2.24) is 4.98 Å². The fourth-order valence-corrected chi connectivity index (χ4v) is 1.49. The molecule has 0 aromatic carbocycles. The number of Topliss-reactive ketones (excluding diaryl/α,β-unsaturated/α-hetero) is 1. The molecule has 15 heavy (non-hydrogen) atoms. The number of rotatable bonds is 5. The fraction of sp³-hybridized carbons (Fsp3) is 0.500. The Balaban J connectivity index is 2.71. The number of nitrogens with zero attached hydrogens (tertiary/aromatic N) is 1. The van der Waals surface area contributed by atoms with Gasteiger partial charge in [-0.1, -0.05) is 13.8 Å². The molecule has 3 heteroatoms. The zero-order valence-electron chi connectivity index (χ0n) is 9.23. The first-order valence-corrected chi connectivity index (χ1v) is 5.27.